The van der Waals surface area contributed by atoms with Crippen LogP contribution in [0.15, 0.2) is 30.5 Å². The first-order chi connectivity index (χ1) is 19.6. The second kappa shape index (κ2) is 11.7. The molecule has 5 fully saturated rings. The minimum absolute atomic E-state index is 0.269. The van der Waals surface area contributed by atoms with Gasteiger partial charge in [-0.25, -0.2) is 4.98 Å². The van der Waals surface area contributed by atoms with Gasteiger partial charge in [0, 0.05) is 25.7 Å². The van der Waals surface area contributed by atoms with Gasteiger partial charge < -0.3 is 21.1 Å². The molecular weight excluding hydrogens is 498 g/mol. The molecule has 0 radical (unpaired) electrons. The topological polar surface area (TPSA) is 130 Å². The summed E-state index contributed by atoms with van der Waals surface area (Å²) in [5.41, 5.74) is 2.25. The third kappa shape index (κ3) is 5.66. The van der Waals surface area contributed by atoms with Gasteiger partial charge in [0.05, 0.1) is 17.8 Å². The Hall–Kier alpha value is -3.20. The van der Waals surface area contributed by atoms with E-state index in [-0.39, 0.29) is 5.41 Å². The van der Waals surface area contributed by atoms with E-state index in [0.29, 0.717) is 48.0 Å². The molecule has 5 aliphatic rings. The normalized spacial score (nSPS) is 32.3. The van der Waals surface area contributed by atoms with Gasteiger partial charge in [0.2, 0.25) is 5.95 Å². The van der Waals surface area contributed by atoms with Crippen LogP contribution in [0.3, 0.4) is 0 Å². The molecule has 0 amide bonds. The Morgan fingerprint density at radius 2 is 1.65 bits per heavy atom. The fraction of sp³-hybridized carbons (Fsp3) is 0.625. The SMILES string of the molecule is N#Cc1ccccc1CNc1ncc(C#N)c(NC[C@]23CC4C[C@H](C2)[C@@H](NC[C@H]2CC[C@H](CO)CC2)[C@@H](C4)C3)n1. The lowest BCUT2D eigenvalue weighted by Gasteiger charge is -2.60. The molecule has 1 heterocycles. The summed E-state index contributed by atoms with van der Waals surface area (Å²) in [5, 5.41) is 39.4. The number of nitrogens with one attached hydrogen (secondary N) is 3. The summed E-state index contributed by atoms with van der Waals surface area (Å²) in [5.74, 6) is 4.62. The van der Waals surface area contributed by atoms with Crippen LogP contribution in [0.2, 0.25) is 0 Å². The van der Waals surface area contributed by atoms with Crippen molar-refractivity contribution in [1.29, 1.82) is 10.5 Å². The standard InChI is InChI=1S/C32H41N7O/c33-14-24-3-1-2-4-25(24)17-36-31-37-18-28(15-34)30(39-31)38-20-32-11-23-9-26(12-32)29(27(10-23)13-32)35-16-21-5-7-22(19-40)8-6-21/h1-4,18,21-23,26-27,29,35,40H,5-13,16-17,19-20H2,(H2,36,37,38,39)/t21-,22-,23?,26-,27+,29-,32-. The van der Waals surface area contributed by atoms with Crippen molar-refractivity contribution in [3.8, 4) is 12.1 Å². The molecule has 8 nitrogen and oxygen atoms in total. The quantitative estimate of drug-likeness (QED) is 0.338. The van der Waals surface area contributed by atoms with Crippen LogP contribution >= 0.6 is 0 Å². The summed E-state index contributed by atoms with van der Waals surface area (Å²) in [6.45, 7) is 2.77. The van der Waals surface area contributed by atoms with Crippen molar-refractivity contribution in [3.63, 3.8) is 0 Å². The van der Waals surface area contributed by atoms with Crippen molar-refractivity contribution in [2.24, 2.45) is 35.0 Å². The number of aromatic nitrogens is 2. The Morgan fingerprint density at radius 1 is 0.925 bits per heavy atom. The minimum atomic E-state index is 0.269. The molecule has 0 spiro atoms. The maximum Gasteiger partial charge on any atom is 0.224 e. The number of aliphatic hydroxyl groups is 1. The summed E-state index contributed by atoms with van der Waals surface area (Å²) in [6, 6.07) is 12.6. The lowest BCUT2D eigenvalue weighted by molar-refractivity contribution is -0.0703. The molecule has 2 aromatic rings. The Balaban J connectivity index is 1.07. The Labute approximate surface area is 237 Å². The predicted octanol–water partition coefficient (Wildman–Crippen LogP) is 4.83. The number of hydrogen-bond acceptors (Lipinski definition) is 8. The molecule has 4 N–H and O–H groups in total. The molecule has 210 valence electrons. The molecule has 1 aromatic carbocycles. The van der Waals surface area contributed by atoms with Gasteiger partial charge in [0.1, 0.15) is 17.5 Å². The van der Waals surface area contributed by atoms with Gasteiger partial charge in [-0.3, -0.25) is 0 Å². The van der Waals surface area contributed by atoms with Gasteiger partial charge in [0.15, 0.2) is 0 Å². The smallest absolute Gasteiger partial charge is 0.224 e. The number of aliphatic hydroxyl groups excluding tert-OH is 1. The van der Waals surface area contributed by atoms with E-state index in [4.69, 9.17) is 0 Å². The van der Waals surface area contributed by atoms with Crippen LogP contribution < -0.4 is 16.0 Å². The Bertz CT molecular complexity index is 1260. The Morgan fingerprint density at radius 3 is 2.38 bits per heavy atom. The molecule has 1 unspecified atom stereocenters. The number of hydrogen-bond donors (Lipinski definition) is 4. The highest BCUT2D eigenvalue weighted by molar-refractivity contribution is 5.54. The molecule has 0 saturated heterocycles. The lowest BCUT2D eigenvalue weighted by atomic mass is 9.48. The lowest BCUT2D eigenvalue weighted by Crippen LogP contribution is -2.60. The summed E-state index contributed by atoms with van der Waals surface area (Å²) in [7, 11) is 0. The van der Waals surface area contributed by atoms with E-state index in [1.165, 1.54) is 57.8 Å². The van der Waals surface area contributed by atoms with Crippen molar-refractivity contribution in [3.05, 3.63) is 47.2 Å². The van der Waals surface area contributed by atoms with E-state index >= 15 is 0 Å². The van der Waals surface area contributed by atoms with Crippen LogP contribution in [0.25, 0.3) is 0 Å². The van der Waals surface area contributed by atoms with Crippen LogP contribution in [-0.4, -0.2) is 40.8 Å². The zero-order valence-corrected chi connectivity index (χ0v) is 23.3. The summed E-state index contributed by atoms with van der Waals surface area (Å²) >= 11 is 0. The van der Waals surface area contributed by atoms with Crippen LogP contribution in [0.1, 0.15) is 74.5 Å². The molecule has 5 saturated carbocycles. The highest BCUT2D eigenvalue weighted by atomic mass is 16.3. The van der Waals surface area contributed by atoms with Crippen molar-refractivity contribution in [1.82, 2.24) is 15.3 Å². The van der Waals surface area contributed by atoms with Crippen LogP contribution in [-0.2, 0) is 6.54 Å². The first-order valence-corrected chi connectivity index (χ1v) is 15.1. The number of rotatable bonds is 10. The van der Waals surface area contributed by atoms with Gasteiger partial charge in [0.25, 0.3) is 0 Å². The average Bonchev–Trinajstić information content (AvgIpc) is 2.99. The van der Waals surface area contributed by atoms with E-state index in [1.54, 1.807) is 12.3 Å². The van der Waals surface area contributed by atoms with E-state index in [1.807, 2.05) is 18.2 Å². The van der Waals surface area contributed by atoms with Gasteiger partial charge >= 0.3 is 0 Å². The van der Waals surface area contributed by atoms with Gasteiger partial charge in [-0.1, -0.05) is 18.2 Å². The first kappa shape index (κ1) is 27.0. The van der Waals surface area contributed by atoms with Crippen molar-refractivity contribution >= 4 is 11.8 Å². The van der Waals surface area contributed by atoms with Crippen molar-refractivity contribution < 1.29 is 5.11 Å². The van der Waals surface area contributed by atoms with E-state index in [0.717, 1.165) is 42.3 Å². The summed E-state index contributed by atoms with van der Waals surface area (Å²) < 4.78 is 0. The highest BCUT2D eigenvalue weighted by Crippen LogP contribution is 2.60. The fourth-order valence-electron chi connectivity index (χ4n) is 8.58. The zero-order valence-electron chi connectivity index (χ0n) is 23.3. The van der Waals surface area contributed by atoms with E-state index in [9.17, 15) is 15.6 Å². The van der Waals surface area contributed by atoms with Gasteiger partial charge in [-0.15, -0.1) is 0 Å². The largest absolute Gasteiger partial charge is 0.396 e. The molecular formula is C32H41N7O. The van der Waals surface area contributed by atoms with Crippen LogP contribution in [0.5, 0.6) is 0 Å². The maximum absolute atomic E-state index is 9.73. The molecule has 5 aliphatic carbocycles. The monoisotopic (exact) mass is 539 g/mol. The molecule has 7 rings (SSSR count). The fourth-order valence-corrected chi connectivity index (χ4v) is 8.58. The predicted molar refractivity (Wildman–Crippen MR) is 154 cm³/mol. The van der Waals surface area contributed by atoms with Crippen LogP contribution in [0, 0.1) is 57.7 Å². The average molecular weight is 540 g/mol. The van der Waals surface area contributed by atoms with Gasteiger partial charge in [-0.2, -0.15) is 15.5 Å². The number of nitriles is 2. The molecule has 8 heteroatoms. The third-order valence-corrected chi connectivity index (χ3v) is 10.4. The summed E-state index contributed by atoms with van der Waals surface area (Å²) in [4.78, 5) is 9.02. The minimum Gasteiger partial charge on any atom is -0.396 e. The molecule has 40 heavy (non-hydrogen) atoms. The van der Waals surface area contributed by atoms with Gasteiger partial charge in [-0.05, 0) is 111 Å². The second-order valence-electron chi connectivity index (χ2n) is 13.0. The third-order valence-electron chi connectivity index (χ3n) is 10.4. The number of nitrogens with zero attached hydrogens (tertiary/aromatic N) is 4. The highest BCUT2D eigenvalue weighted by Gasteiger charge is 2.55. The molecule has 0 aliphatic heterocycles. The zero-order chi connectivity index (χ0) is 27.5. The van der Waals surface area contributed by atoms with Crippen LogP contribution in [0.4, 0.5) is 11.8 Å². The molecule has 4 bridgehead atoms. The summed E-state index contributed by atoms with van der Waals surface area (Å²) in [6.07, 6.45) is 12.9. The van der Waals surface area contributed by atoms with E-state index in [2.05, 4.69) is 38.1 Å². The number of benzene rings is 1. The Kier molecular flexibility index (Phi) is 7.91. The first-order valence-electron chi connectivity index (χ1n) is 15.1. The van der Waals surface area contributed by atoms with E-state index < -0.39 is 0 Å². The van der Waals surface area contributed by atoms with Crippen molar-refractivity contribution in [2.45, 2.75) is 70.4 Å². The molecule has 1 aromatic heterocycles. The van der Waals surface area contributed by atoms with Crippen molar-refractivity contribution in [2.75, 3.05) is 30.3 Å². The number of anilines is 2. The maximum atomic E-state index is 9.73. The molecule has 5 atom stereocenters. The second-order valence-corrected chi connectivity index (χ2v) is 13.0.